The third kappa shape index (κ3) is 76.4. The van der Waals surface area contributed by atoms with E-state index in [0.29, 0.717) is 19.3 Å². The van der Waals surface area contributed by atoms with E-state index in [4.69, 9.17) is 32.3 Å². The highest BCUT2D eigenvalue weighted by Crippen LogP contribution is 2.45. The van der Waals surface area contributed by atoms with E-state index in [9.17, 15) is 43.5 Å². The van der Waals surface area contributed by atoms with E-state index < -0.39 is 91.5 Å². The van der Waals surface area contributed by atoms with Crippen LogP contribution < -0.4 is 0 Å². The van der Waals surface area contributed by atoms with Crippen molar-refractivity contribution in [1.29, 1.82) is 0 Å². The van der Waals surface area contributed by atoms with E-state index in [1.54, 1.807) is 0 Å². The third-order valence-corrected chi connectivity index (χ3v) is 17.9. The Kier molecular flexibility index (Phi) is 71.7. The van der Waals surface area contributed by atoms with Crippen LogP contribution in [0.25, 0.3) is 0 Å². The highest BCUT2D eigenvalue weighted by atomic mass is 31.2. The lowest BCUT2D eigenvalue weighted by atomic mass is 10.1. The van der Waals surface area contributed by atoms with E-state index in [-0.39, 0.29) is 19.3 Å². The predicted molar refractivity (Wildman–Crippen MR) is 417 cm³/mol. The summed E-state index contributed by atoms with van der Waals surface area (Å²) in [6.07, 6.45) is 91.6. The first-order valence-corrected chi connectivity index (χ1v) is 42.1. The van der Waals surface area contributed by atoms with Crippen molar-refractivity contribution in [3.8, 4) is 0 Å². The Morgan fingerprint density at radius 3 is 0.832 bits per heavy atom. The molecule has 5 atom stereocenters. The highest BCUT2D eigenvalue weighted by Gasteiger charge is 2.29. The Hall–Kier alpha value is -4.57. The summed E-state index contributed by atoms with van der Waals surface area (Å²) in [5, 5.41) is 20.6. The van der Waals surface area contributed by atoms with Crippen LogP contribution in [0.4, 0.5) is 0 Å². The van der Waals surface area contributed by atoms with Gasteiger partial charge >= 0.3 is 33.6 Å². The molecule has 0 rings (SSSR count). The summed E-state index contributed by atoms with van der Waals surface area (Å²) in [5.74, 6) is -1.61. The number of allylic oxidation sites excluding steroid dienone is 24. The minimum atomic E-state index is -4.94. The van der Waals surface area contributed by atoms with Crippen LogP contribution in [0.5, 0.6) is 0 Å². The van der Waals surface area contributed by atoms with Gasteiger partial charge in [0.1, 0.15) is 25.4 Å². The van der Waals surface area contributed by atoms with Crippen molar-refractivity contribution in [3.63, 3.8) is 0 Å². The van der Waals surface area contributed by atoms with Gasteiger partial charge in [-0.3, -0.25) is 32.5 Å². The lowest BCUT2D eigenvalue weighted by Crippen LogP contribution is -2.30. The topological polar surface area (TPSA) is 231 Å². The van der Waals surface area contributed by atoms with Gasteiger partial charge in [-0.15, -0.1) is 0 Å². The second-order valence-electron chi connectivity index (χ2n) is 25.7. The summed E-state index contributed by atoms with van der Waals surface area (Å²) in [5.41, 5.74) is 0. The zero-order valence-corrected chi connectivity index (χ0v) is 64.8. The van der Waals surface area contributed by atoms with Gasteiger partial charge in [0.15, 0.2) is 6.10 Å². The van der Waals surface area contributed by atoms with Crippen LogP contribution in [0.15, 0.2) is 146 Å². The largest absolute Gasteiger partial charge is 0.472 e. The number of phosphoric acid groups is 2. The van der Waals surface area contributed by atoms with Crippen LogP contribution in [0.3, 0.4) is 0 Å². The molecule has 18 heteroatoms. The van der Waals surface area contributed by atoms with Crippen molar-refractivity contribution in [2.75, 3.05) is 39.6 Å². The van der Waals surface area contributed by atoms with Gasteiger partial charge in [0.2, 0.25) is 0 Å². The number of unbranched alkanes of at least 4 members (excludes halogenated alkanes) is 26. The first-order chi connectivity index (χ1) is 49.2. The number of carbonyl (C=O) groups is 3. The lowest BCUT2D eigenvalue weighted by molar-refractivity contribution is -0.161. The summed E-state index contributed by atoms with van der Waals surface area (Å²) < 4.78 is 61.2. The number of phosphoric ester groups is 2. The molecule has 0 aromatic heterocycles. The van der Waals surface area contributed by atoms with Crippen molar-refractivity contribution < 1.29 is 75.8 Å². The maximum absolute atomic E-state index is 13.0. The Balaban J connectivity index is 4.66. The molecule has 0 bridgehead atoms. The maximum atomic E-state index is 13.0. The van der Waals surface area contributed by atoms with Gasteiger partial charge < -0.3 is 34.2 Å². The molecule has 101 heavy (non-hydrogen) atoms. The van der Waals surface area contributed by atoms with E-state index in [2.05, 4.69) is 167 Å². The highest BCUT2D eigenvalue weighted by molar-refractivity contribution is 7.47. The molecule has 0 radical (unpaired) electrons. The second-order valence-corrected chi connectivity index (χ2v) is 28.7. The molecule has 4 N–H and O–H groups in total. The van der Waals surface area contributed by atoms with Gasteiger partial charge in [-0.25, -0.2) is 9.13 Å². The predicted octanol–water partition coefficient (Wildman–Crippen LogP) is 22.9. The summed E-state index contributed by atoms with van der Waals surface area (Å²) in [7, 11) is -9.80. The van der Waals surface area contributed by atoms with E-state index in [0.717, 1.165) is 193 Å². The van der Waals surface area contributed by atoms with Crippen LogP contribution in [-0.4, -0.2) is 95.9 Å². The summed E-state index contributed by atoms with van der Waals surface area (Å²) >= 11 is 0. The molecule has 0 aliphatic carbocycles. The minimum absolute atomic E-state index is 0.0868. The first kappa shape index (κ1) is 96.4. The van der Waals surface area contributed by atoms with Gasteiger partial charge in [0.25, 0.3) is 0 Å². The van der Waals surface area contributed by atoms with Crippen LogP contribution >= 0.6 is 15.6 Å². The maximum Gasteiger partial charge on any atom is 0.472 e. The van der Waals surface area contributed by atoms with Crippen LogP contribution in [0.1, 0.15) is 303 Å². The smallest absolute Gasteiger partial charge is 0.463 e. The molecule has 0 saturated heterocycles. The molecular weight excluding hydrogens is 1310 g/mol. The van der Waals surface area contributed by atoms with E-state index in [1.807, 2.05) is 0 Å². The van der Waals surface area contributed by atoms with Crippen molar-refractivity contribution in [2.45, 2.75) is 322 Å². The number of hydrogen-bond donors (Lipinski definition) is 4. The molecule has 578 valence electrons. The molecule has 0 fully saturated rings. The van der Waals surface area contributed by atoms with Crippen molar-refractivity contribution in [3.05, 3.63) is 146 Å². The van der Waals surface area contributed by atoms with Gasteiger partial charge in [-0.2, -0.15) is 0 Å². The number of carbonyl (C=O) groups excluding carboxylic acids is 3. The molecule has 16 nitrogen and oxygen atoms in total. The van der Waals surface area contributed by atoms with E-state index in [1.165, 1.54) is 51.4 Å². The van der Waals surface area contributed by atoms with Crippen molar-refractivity contribution >= 4 is 33.6 Å². The Labute approximate surface area is 613 Å². The first-order valence-electron chi connectivity index (χ1n) is 39.1. The fourth-order valence-corrected chi connectivity index (χ4v) is 11.7. The quantitative estimate of drug-likeness (QED) is 0.0146. The molecule has 0 aromatic rings. The molecular formula is C83H140O16P2. The number of hydrogen-bond acceptors (Lipinski definition) is 14. The summed E-state index contributed by atoms with van der Waals surface area (Å²) in [4.78, 5) is 58.7. The number of rotatable bonds is 73. The SMILES string of the molecule is CC/C=C\C/C=C\C/C=C\C/C=C\C/C=C\CCCCCCCCCCCC(=O)OCC(O)COP(=O)(O)OCC(O)COP(=O)(O)OCC(COC(=O)CCCCCCCCC/C=C\C/C=C\C/C=C\C/C=C\CCCCC)OC(=O)CCCCCCCCC/C=C\C/C=C\C/C=C\CC. The Morgan fingerprint density at radius 2 is 0.525 bits per heavy atom. The monoisotopic (exact) mass is 1450 g/mol. The molecule has 0 heterocycles. The van der Waals surface area contributed by atoms with Crippen molar-refractivity contribution in [2.24, 2.45) is 0 Å². The molecule has 0 aliphatic rings. The Morgan fingerprint density at radius 1 is 0.287 bits per heavy atom. The number of ether oxygens (including phenoxy) is 3. The fourth-order valence-electron chi connectivity index (χ4n) is 10.1. The summed E-state index contributed by atoms with van der Waals surface area (Å²) in [6, 6.07) is 0. The molecule has 0 amide bonds. The third-order valence-electron chi connectivity index (χ3n) is 16.0. The zero-order chi connectivity index (χ0) is 73.7. The molecule has 0 spiro atoms. The van der Waals surface area contributed by atoms with Crippen LogP contribution in [0.2, 0.25) is 0 Å². The molecule has 0 saturated carbocycles. The van der Waals surface area contributed by atoms with Gasteiger partial charge in [0.05, 0.1) is 26.4 Å². The number of aliphatic hydroxyl groups is 2. The average molecular weight is 1460 g/mol. The normalized spacial score (nSPS) is 14.8. The number of esters is 3. The zero-order valence-electron chi connectivity index (χ0n) is 63.0. The molecule has 5 unspecified atom stereocenters. The standard InChI is InChI=1S/C83H140O16P2/c1-4-7-10-13-16-19-22-25-28-31-33-35-37-38-40-42-43-46-48-51-54-57-60-63-66-69-81(86)93-72-78(84)73-95-100(89,90)96-74-79(85)75-97-101(91,92)98-77-80(99-83(88)71-68-65-62-59-56-53-50-45-30-27-24-21-18-15-12-9-6-3)76-94-82(87)70-67-64-61-58-55-52-49-47-44-41-39-36-34-32-29-26-23-20-17-14-11-8-5-2/h7,9-10,12,16-21,25-30,33-36,38,40-41,44,78-80,84-85H,4-6,8,11,13-15,22-24,31-32,37,39,42-43,45-77H2,1-3H3,(H,89,90)(H,91,92)/b10-7-,12-9-,19-16-,20-17-,21-18-,28-25-,29-26-,30-27-,35-33-,36-34-,40-38-,44-41-. The molecule has 0 aromatic carbocycles. The van der Waals surface area contributed by atoms with Crippen molar-refractivity contribution in [1.82, 2.24) is 0 Å². The van der Waals surface area contributed by atoms with Crippen LogP contribution in [-0.2, 0) is 55.8 Å². The van der Waals surface area contributed by atoms with Gasteiger partial charge in [-0.05, 0) is 141 Å². The minimum Gasteiger partial charge on any atom is -0.463 e. The van der Waals surface area contributed by atoms with Crippen LogP contribution in [0, 0.1) is 0 Å². The lowest BCUT2D eigenvalue weighted by Gasteiger charge is -2.21. The second kappa shape index (κ2) is 75.1. The Bertz CT molecular complexity index is 2420. The molecule has 0 aliphatic heterocycles. The van der Waals surface area contributed by atoms with E-state index >= 15 is 0 Å². The van der Waals surface area contributed by atoms with Gasteiger partial charge in [-0.1, -0.05) is 289 Å². The van der Waals surface area contributed by atoms with Gasteiger partial charge in [0, 0.05) is 19.3 Å². The number of aliphatic hydroxyl groups excluding tert-OH is 2. The average Bonchev–Trinajstić information content (AvgIpc) is 0.946. The fraction of sp³-hybridized carbons (Fsp3) is 0.675. The summed E-state index contributed by atoms with van der Waals surface area (Å²) in [6.45, 7) is 2.40.